The van der Waals surface area contributed by atoms with Crippen LogP contribution in [0.25, 0.3) is 10.9 Å². The van der Waals surface area contributed by atoms with Crippen molar-refractivity contribution in [1.29, 1.82) is 0 Å². The highest BCUT2D eigenvalue weighted by molar-refractivity contribution is 6.04. The number of rotatable bonds is 7. The Balaban J connectivity index is 1.99. The molecule has 0 atom stereocenters. The lowest BCUT2D eigenvalue weighted by Gasteiger charge is -2.13. The number of aromatic carboxylic acids is 1. The SMILES string of the molecule is CCCCn1cc(CCN2CCCC2)c2ccc(C)c(C(=O)O)c21. The van der Waals surface area contributed by atoms with Gasteiger partial charge in [0.15, 0.2) is 0 Å². The van der Waals surface area contributed by atoms with Crippen LogP contribution in [-0.2, 0) is 13.0 Å². The van der Waals surface area contributed by atoms with Gasteiger partial charge in [-0.2, -0.15) is 0 Å². The van der Waals surface area contributed by atoms with Crippen LogP contribution in [0.2, 0.25) is 0 Å². The van der Waals surface area contributed by atoms with Crippen LogP contribution in [0.1, 0.15) is 54.1 Å². The topological polar surface area (TPSA) is 45.5 Å². The van der Waals surface area contributed by atoms with Crippen molar-refractivity contribution in [1.82, 2.24) is 9.47 Å². The van der Waals surface area contributed by atoms with E-state index in [0.29, 0.717) is 5.56 Å². The number of likely N-dealkylation sites (tertiary alicyclic amines) is 1. The zero-order valence-electron chi connectivity index (χ0n) is 14.8. The molecule has 1 saturated heterocycles. The monoisotopic (exact) mass is 328 g/mol. The van der Waals surface area contributed by atoms with Gasteiger partial charge in [0.05, 0.1) is 11.1 Å². The summed E-state index contributed by atoms with van der Waals surface area (Å²) in [6.45, 7) is 8.43. The van der Waals surface area contributed by atoms with Crippen molar-refractivity contribution in [3.05, 3.63) is 35.0 Å². The first-order valence-electron chi connectivity index (χ1n) is 9.18. The van der Waals surface area contributed by atoms with Crippen molar-refractivity contribution in [2.24, 2.45) is 0 Å². The van der Waals surface area contributed by atoms with E-state index in [4.69, 9.17) is 0 Å². The molecule has 0 amide bonds. The fourth-order valence-electron chi connectivity index (χ4n) is 3.83. The Hall–Kier alpha value is -1.81. The van der Waals surface area contributed by atoms with Gasteiger partial charge >= 0.3 is 5.97 Å². The lowest BCUT2D eigenvalue weighted by molar-refractivity contribution is 0.0698. The van der Waals surface area contributed by atoms with E-state index in [2.05, 4.69) is 28.7 Å². The summed E-state index contributed by atoms with van der Waals surface area (Å²) >= 11 is 0. The number of carbonyl (C=O) groups is 1. The second-order valence-electron chi connectivity index (χ2n) is 6.96. The molecule has 2 heterocycles. The van der Waals surface area contributed by atoms with Crippen LogP contribution in [0.3, 0.4) is 0 Å². The second-order valence-corrected chi connectivity index (χ2v) is 6.96. The molecule has 1 aliphatic heterocycles. The molecule has 4 nitrogen and oxygen atoms in total. The minimum Gasteiger partial charge on any atom is -0.478 e. The van der Waals surface area contributed by atoms with E-state index in [1.54, 1.807) is 0 Å². The molecule has 0 radical (unpaired) electrons. The molecule has 0 saturated carbocycles. The van der Waals surface area contributed by atoms with Gasteiger partial charge in [-0.25, -0.2) is 4.79 Å². The van der Waals surface area contributed by atoms with E-state index in [0.717, 1.165) is 48.8 Å². The number of fused-ring (bicyclic) bond motifs is 1. The highest BCUT2D eigenvalue weighted by Gasteiger charge is 2.19. The van der Waals surface area contributed by atoms with E-state index < -0.39 is 5.97 Å². The predicted octanol–water partition coefficient (Wildman–Crippen LogP) is 4.09. The van der Waals surface area contributed by atoms with Crippen molar-refractivity contribution in [3.8, 4) is 0 Å². The number of aryl methyl sites for hydroxylation is 2. The molecule has 130 valence electrons. The van der Waals surface area contributed by atoms with Gasteiger partial charge in [0, 0.05) is 24.7 Å². The number of carboxylic acid groups (broad SMARTS) is 1. The molecule has 0 aliphatic carbocycles. The third-order valence-corrected chi connectivity index (χ3v) is 5.19. The molecule has 0 bridgehead atoms. The summed E-state index contributed by atoms with van der Waals surface area (Å²) in [6, 6.07) is 4.06. The Labute approximate surface area is 144 Å². The number of benzene rings is 1. The highest BCUT2D eigenvalue weighted by atomic mass is 16.4. The van der Waals surface area contributed by atoms with Crippen molar-refractivity contribution in [2.45, 2.75) is 52.5 Å². The van der Waals surface area contributed by atoms with Gasteiger partial charge in [-0.1, -0.05) is 25.5 Å². The van der Waals surface area contributed by atoms with Gasteiger partial charge in [0.1, 0.15) is 0 Å². The van der Waals surface area contributed by atoms with Crippen LogP contribution in [0.15, 0.2) is 18.3 Å². The lowest BCUT2D eigenvalue weighted by Crippen LogP contribution is -2.21. The summed E-state index contributed by atoms with van der Waals surface area (Å²) in [6.07, 6.45) is 7.99. The minimum absolute atomic E-state index is 0.469. The number of hydrogen-bond donors (Lipinski definition) is 1. The first-order valence-corrected chi connectivity index (χ1v) is 9.18. The highest BCUT2D eigenvalue weighted by Crippen LogP contribution is 2.28. The van der Waals surface area contributed by atoms with Crippen molar-refractivity contribution >= 4 is 16.9 Å². The fourth-order valence-corrected chi connectivity index (χ4v) is 3.83. The summed E-state index contributed by atoms with van der Waals surface area (Å²) in [7, 11) is 0. The smallest absolute Gasteiger partial charge is 0.338 e. The second kappa shape index (κ2) is 7.39. The molecule has 1 aromatic heterocycles. The van der Waals surface area contributed by atoms with E-state index in [1.807, 2.05) is 13.0 Å². The molecular formula is C20H28N2O2. The number of hydrogen-bond acceptors (Lipinski definition) is 2. The van der Waals surface area contributed by atoms with E-state index >= 15 is 0 Å². The zero-order chi connectivity index (χ0) is 17.1. The molecular weight excluding hydrogens is 300 g/mol. The average Bonchev–Trinajstić information content (AvgIpc) is 3.18. The maximum Gasteiger partial charge on any atom is 0.338 e. The Bertz CT molecular complexity index is 727. The number of aromatic nitrogens is 1. The lowest BCUT2D eigenvalue weighted by atomic mass is 10.0. The maximum atomic E-state index is 11.8. The van der Waals surface area contributed by atoms with Crippen LogP contribution < -0.4 is 0 Å². The number of carboxylic acids is 1. The third-order valence-electron chi connectivity index (χ3n) is 5.19. The fraction of sp³-hybridized carbons (Fsp3) is 0.550. The first-order chi connectivity index (χ1) is 11.6. The van der Waals surface area contributed by atoms with Gasteiger partial charge in [-0.3, -0.25) is 0 Å². The van der Waals surface area contributed by atoms with Gasteiger partial charge in [-0.05, 0) is 56.8 Å². The Kier molecular flexibility index (Phi) is 5.24. The molecule has 1 aromatic carbocycles. The Morgan fingerprint density at radius 1 is 1.21 bits per heavy atom. The normalized spacial score (nSPS) is 15.4. The molecule has 24 heavy (non-hydrogen) atoms. The van der Waals surface area contributed by atoms with E-state index in [1.165, 1.54) is 31.5 Å². The van der Waals surface area contributed by atoms with Crippen molar-refractivity contribution in [3.63, 3.8) is 0 Å². The third kappa shape index (κ3) is 3.34. The summed E-state index contributed by atoms with van der Waals surface area (Å²) in [5, 5.41) is 10.8. The Morgan fingerprint density at radius 3 is 2.62 bits per heavy atom. The quantitative estimate of drug-likeness (QED) is 0.833. The molecule has 3 rings (SSSR count). The molecule has 1 fully saturated rings. The van der Waals surface area contributed by atoms with Gasteiger partial charge < -0.3 is 14.6 Å². The number of nitrogens with zero attached hydrogens (tertiary/aromatic N) is 2. The summed E-state index contributed by atoms with van der Waals surface area (Å²) in [5.74, 6) is -0.819. The van der Waals surface area contributed by atoms with Gasteiger partial charge in [0.2, 0.25) is 0 Å². The molecule has 2 aromatic rings. The molecule has 4 heteroatoms. The minimum atomic E-state index is -0.819. The zero-order valence-corrected chi connectivity index (χ0v) is 14.8. The average molecular weight is 328 g/mol. The summed E-state index contributed by atoms with van der Waals surface area (Å²) < 4.78 is 2.18. The van der Waals surface area contributed by atoms with Gasteiger partial charge in [0.25, 0.3) is 0 Å². The van der Waals surface area contributed by atoms with Crippen molar-refractivity contribution < 1.29 is 9.90 Å². The molecule has 1 aliphatic rings. The Morgan fingerprint density at radius 2 is 1.96 bits per heavy atom. The first kappa shape index (κ1) is 17.0. The molecule has 0 spiro atoms. The summed E-state index contributed by atoms with van der Waals surface area (Å²) in [5.41, 5.74) is 3.51. The largest absolute Gasteiger partial charge is 0.478 e. The van der Waals surface area contributed by atoms with Gasteiger partial charge in [-0.15, -0.1) is 0 Å². The van der Waals surface area contributed by atoms with Crippen LogP contribution in [0.4, 0.5) is 0 Å². The number of unbranched alkanes of at least 4 members (excludes halogenated alkanes) is 1. The maximum absolute atomic E-state index is 11.8. The van der Waals surface area contributed by atoms with Crippen LogP contribution >= 0.6 is 0 Å². The predicted molar refractivity (Wildman–Crippen MR) is 97.9 cm³/mol. The van der Waals surface area contributed by atoms with Crippen LogP contribution in [0, 0.1) is 6.92 Å². The van der Waals surface area contributed by atoms with Crippen molar-refractivity contribution in [2.75, 3.05) is 19.6 Å². The standard InChI is InChI=1S/C20H28N2O2/c1-3-4-12-22-14-16(9-13-21-10-5-6-11-21)17-8-7-15(2)18(19(17)22)20(23)24/h7-8,14H,3-6,9-13H2,1-2H3,(H,23,24). The molecule has 0 unspecified atom stereocenters. The van der Waals surface area contributed by atoms with Crippen LogP contribution in [0.5, 0.6) is 0 Å². The van der Waals surface area contributed by atoms with E-state index in [9.17, 15) is 9.90 Å². The van der Waals surface area contributed by atoms with E-state index in [-0.39, 0.29) is 0 Å². The summed E-state index contributed by atoms with van der Waals surface area (Å²) in [4.78, 5) is 14.3. The molecule has 1 N–H and O–H groups in total. The van der Waals surface area contributed by atoms with Crippen LogP contribution in [-0.4, -0.2) is 40.2 Å².